The molecule has 0 aliphatic carbocycles. The number of benzene rings is 1. The van der Waals surface area contributed by atoms with Gasteiger partial charge >= 0.3 is 160 Å². The van der Waals surface area contributed by atoms with Crippen LogP contribution in [-0.2, 0) is 20.8 Å². The normalized spacial score (nSPS) is 22.4. The van der Waals surface area contributed by atoms with Crippen LogP contribution in [0.15, 0.2) is 28.7 Å². The fourth-order valence-electron chi connectivity index (χ4n) is 2.24. The van der Waals surface area contributed by atoms with E-state index in [2.05, 4.69) is 15.9 Å². The van der Waals surface area contributed by atoms with Gasteiger partial charge in [0.15, 0.2) is 0 Å². The van der Waals surface area contributed by atoms with Crippen molar-refractivity contribution in [1.82, 2.24) is 9.80 Å². The Morgan fingerprint density at radius 1 is 1.18 bits per heavy atom. The molecule has 2 rings (SSSR count). The van der Waals surface area contributed by atoms with Crippen LogP contribution in [0.5, 0.6) is 0 Å². The van der Waals surface area contributed by atoms with Crippen molar-refractivity contribution in [2.75, 3.05) is 14.1 Å². The molecular weight excluding hydrogens is 581 g/mol. The first kappa shape index (κ1) is 18.3. The van der Waals surface area contributed by atoms with Gasteiger partial charge in [-0.3, -0.25) is 0 Å². The van der Waals surface area contributed by atoms with Crippen LogP contribution in [0.3, 0.4) is 0 Å². The fourth-order valence-corrected chi connectivity index (χ4v) is 10.2. The van der Waals surface area contributed by atoms with E-state index >= 15 is 0 Å². The third-order valence-corrected chi connectivity index (χ3v) is 9.77. The summed E-state index contributed by atoms with van der Waals surface area (Å²) in [5, 5.41) is 0. The molecule has 9 heteroatoms. The van der Waals surface area contributed by atoms with Crippen LogP contribution in [0, 0.1) is 0 Å². The summed E-state index contributed by atoms with van der Waals surface area (Å²) in [6, 6.07) is 7.59. The van der Waals surface area contributed by atoms with E-state index in [0.717, 1.165) is 14.9 Å². The van der Waals surface area contributed by atoms with Crippen molar-refractivity contribution >= 4 is 76.1 Å². The van der Waals surface area contributed by atoms with Gasteiger partial charge in [0.05, 0.1) is 0 Å². The summed E-state index contributed by atoms with van der Waals surface area (Å²) in [6.45, 7) is 0. The second-order valence-electron chi connectivity index (χ2n) is 4.77. The summed E-state index contributed by atoms with van der Waals surface area (Å²) in [5.74, 6) is -1.79. The number of piperazine rings is 1. The number of hydrogen-bond donors (Lipinski definition) is 0. The van der Waals surface area contributed by atoms with E-state index in [1.54, 1.807) is 7.34 Å². The number of nitrogens with zero attached hydrogens (tertiary/aromatic N) is 2. The van der Waals surface area contributed by atoms with Gasteiger partial charge in [-0.2, -0.15) is 0 Å². The zero-order valence-electron chi connectivity index (χ0n) is 11.9. The molecule has 1 aromatic carbocycles. The summed E-state index contributed by atoms with van der Waals surface area (Å²) in [6.07, 6.45) is 0.345. The molecule has 22 heavy (non-hydrogen) atoms. The van der Waals surface area contributed by atoms with E-state index in [9.17, 15) is 14.4 Å². The Morgan fingerprint density at radius 3 is 2.41 bits per heavy atom. The number of likely N-dealkylation sites (N-methyl/N-ethyl adjacent to an activating group) is 2. The van der Waals surface area contributed by atoms with Gasteiger partial charge in [0.25, 0.3) is 0 Å². The summed E-state index contributed by atoms with van der Waals surface area (Å²) >= 11 is 4.08. The van der Waals surface area contributed by atoms with Gasteiger partial charge in [-0.25, -0.2) is 0 Å². The number of hydrogen-bond acceptors (Lipinski definition) is 5. The van der Waals surface area contributed by atoms with Crippen molar-refractivity contribution in [3.8, 4) is 0 Å². The topological polar surface area (TPSA) is 57.7 Å². The van der Waals surface area contributed by atoms with Gasteiger partial charge in [-0.1, -0.05) is 0 Å². The van der Waals surface area contributed by atoms with Crippen LogP contribution in [0.1, 0.15) is 5.56 Å². The Balaban J connectivity index is 2.51. The van der Waals surface area contributed by atoms with Gasteiger partial charge in [-0.15, -0.1) is 0 Å². The van der Waals surface area contributed by atoms with Gasteiger partial charge in [0.1, 0.15) is 0 Å². The molecule has 1 aromatic rings. The number of carbonyl (C=O) groups is 3. The van der Waals surface area contributed by atoms with Crippen molar-refractivity contribution in [1.29, 1.82) is 0 Å². The molecule has 1 fully saturated rings. The molecule has 0 N–H and O–H groups in total. The number of halogens is 1. The molecule has 1 unspecified atom stereocenters. The van der Waals surface area contributed by atoms with E-state index in [4.69, 9.17) is 0 Å². The summed E-state index contributed by atoms with van der Waals surface area (Å²) in [7, 11) is 5.81. The molecule has 114 valence electrons. The molecule has 1 saturated heterocycles. The molecule has 0 radical (unpaired) electrons. The summed E-state index contributed by atoms with van der Waals surface area (Å²) in [4.78, 5) is 38.0. The zero-order chi connectivity index (χ0) is 16.5. The van der Waals surface area contributed by atoms with E-state index in [-0.39, 0.29) is 5.91 Å². The second kappa shape index (κ2) is 7.22. The second-order valence-corrected chi connectivity index (χ2v) is 14.5. The number of carbonyl (C=O) groups excluding carboxylic acids is 3. The maximum absolute atomic E-state index is 12.8. The average molecular weight is 593 g/mol. The number of imide groups is 1. The first-order valence-electron chi connectivity index (χ1n) is 6.23. The van der Waals surface area contributed by atoms with Crippen molar-refractivity contribution < 1.29 is 14.4 Å². The molecule has 0 spiro atoms. The van der Waals surface area contributed by atoms with Crippen LogP contribution in [0.2, 0.25) is 0 Å². The van der Waals surface area contributed by atoms with Gasteiger partial charge in [0.2, 0.25) is 0 Å². The molecule has 0 bridgehead atoms. The molecule has 1 aliphatic rings. The molecule has 5 nitrogen and oxygen atoms in total. The quantitative estimate of drug-likeness (QED) is 0.230. The van der Waals surface area contributed by atoms with Gasteiger partial charge in [-0.05, 0) is 0 Å². The third kappa shape index (κ3) is 3.11. The zero-order valence-corrected chi connectivity index (χ0v) is 19.6. The Morgan fingerprint density at radius 2 is 1.82 bits per heavy atom. The SMILES string of the molecule is CN1C(=O)C(=O)N(C)C(Cc2ccccc2Br)(S[S][Tl])C1=O. The molecule has 1 atom stereocenters. The first-order chi connectivity index (χ1) is 10.3. The standard InChI is InChI=1S/C13H13BrN2O3S2.Tl/c1-15-10(17)11(18)16(2)13(21-20,12(15)19)7-8-5-3-4-6-9(8)14;/h3-6,20H,7H2,1-2H3;/q;+1/p-1. The Bertz CT molecular complexity index is 645. The maximum atomic E-state index is 12.8. The minimum absolute atomic E-state index is 0.345. The van der Waals surface area contributed by atoms with Gasteiger partial charge in [0, 0.05) is 0 Å². The minimum atomic E-state index is -1.09. The van der Waals surface area contributed by atoms with Crippen molar-refractivity contribution in [2.24, 2.45) is 0 Å². The molecule has 3 amide bonds. The van der Waals surface area contributed by atoms with Crippen molar-refractivity contribution in [3.05, 3.63) is 34.3 Å². The summed E-state index contributed by atoms with van der Waals surface area (Å²) < 4.78 is 0.879. The molecule has 1 heterocycles. The number of amides is 3. The Kier molecular flexibility index (Phi) is 6.00. The van der Waals surface area contributed by atoms with Crippen LogP contribution < -0.4 is 0 Å². The number of rotatable bonds is 4. The van der Waals surface area contributed by atoms with E-state index in [1.807, 2.05) is 24.3 Å². The predicted molar refractivity (Wildman–Crippen MR) is 92.1 cm³/mol. The van der Waals surface area contributed by atoms with Crippen LogP contribution in [0.4, 0.5) is 0 Å². The first-order valence-corrected chi connectivity index (χ1v) is 14.7. The predicted octanol–water partition coefficient (Wildman–Crippen LogP) is 1.61. The monoisotopic (exact) mass is 592 g/mol. The van der Waals surface area contributed by atoms with E-state index in [1.165, 1.54) is 29.8 Å². The Labute approximate surface area is 158 Å². The van der Waals surface area contributed by atoms with Crippen LogP contribution >= 0.6 is 34.1 Å². The fraction of sp³-hybridized carbons (Fsp3) is 0.308. The average Bonchev–Trinajstić information content (AvgIpc) is 2.51. The Hall–Kier alpha value is -0.0679. The van der Waals surface area contributed by atoms with Crippen molar-refractivity contribution in [2.45, 2.75) is 11.3 Å². The third-order valence-electron chi connectivity index (χ3n) is 3.55. The van der Waals surface area contributed by atoms with Crippen LogP contribution in [0.25, 0.3) is 0 Å². The van der Waals surface area contributed by atoms with Crippen LogP contribution in [-0.4, -0.2) is 70.8 Å². The molecule has 0 saturated carbocycles. The molecular formula is C13H12BrN2O3S2Tl. The van der Waals surface area contributed by atoms with E-state index in [0.29, 0.717) is 30.7 Å². The molecule has 1 aliphatic heterocycles. The van der Waals surface area contributed by atoms with E-state index < -0.39 is 16.7 Å². The summed E-state index contributed by atoms with van der Waals surface area (Å²) in [5.41, 5.74) is 0.921. The van der Waals surface area contributed by atoms with Gasteiger partial charge < -0.3 is 0 Å². The van der Waals surface area contributed by atoms with Crippen molar-refractivity contribution in [3.63, 3.8) is 0 Å². The molecule has 0 aromatic heterocycles.